The molecule has 0 unspecified atom stereocenters. The van der Waals surface area contributed by atoms with Gasteiger partial charge >= 0.3 is 0 Å². The Hall–Kier alpha value is -1.48. The normalized spacial score (nSPS) is 15.6. The molecule has 3 nitrogen and oxygen atoms in total. The maximum Gasteiger partial charge on any atom is 0.160 e. The van der Waals surface area contributed by atoms with Gasteiger partial charge in [0, 0.05) is 13.0 Å². The first-order valence-corrected chi connectivity index (χ1v) is 5.65. The maximum atomic E-state index is 9.50. The van der Waals surface area contributed by atoms with Crippen LogP contribution in [0.25, 0.3) is 0 Å². The van der Waals surface area contributed by atoms with Crippen LogP contribution in [-0.2, 0) is 0 Å². The minimum absolute atomic E-state index is 0.210. The van der Waals surface area contributed by atoms with Gasteiger partial charge in [0.25, 0.3) is 0 Å². The molecule has 16 heavy (non-hydrogen) atoms. The third kappa shape index (κ3) is 3.00. The maximum absolute atomic E-state index is 9.50. The number of para-hydroxylation sites is 2. The van der Waals surface area contributed by atoms with E-state index in [2.05, 4.69) is 11.4 Å². The fraction of sp³-hybridized carbons (Fsp3) is 0.385. The summed E-state index contributed by atoms with van der Waals surface area (Å²) >= 11 is 0. The molecule has 0 radical (unpaired) electrons. The Morgan fingerprint density at radius 1 is 1.31 bits per heavy atom. The molecule has 0 saturated carbocycles. The molecular weight excluding hydrogens is 202 g/mol. The fourth-order valence-corrected chi connectivity index (χ4v) is 1.77. The van der Waals surface area contributed by atoms with Gasteiger partial charge in [-0.1, -0.05) is 23.8 Å². The highest BCUT2D eigenvalue weighted by molar-refractivity contribution is 5.37. The van der Waals surface area contributed by atoms with E-state index in [1.165, 1.54) is 5.57 Å². The van der Waals surface area contributed by atoms with Gasteiger partial charge in [0.05, 0.1) is 6.61 Å². The molecule has 2 N–H and O–H groups in total. The number of hydrogen-bond acceptors (Lipinski definition) is 3. The second kappa shape index (κ2) is 5.56. The Morgan fingerprint density at radius 3 is 2.94 bits per heavy atom. The molecule has 1 aromatic carbocycles. The zero-order chi connectivity index (χ0) is 11.2. The molecule has 0 aromatic heterocycles. The van der Waals surface area contributed by atoms with Crippen LogP contribution in [0, 0.1) is 0 Å². The van der Waals surface area contributed by atoms with E-state index in [0.717, 1.165) is 25.9 Å². The second-order valence-electron chi connectivity index (χ2n) is 3.88. The molecule has 0 spiro atoms. The lowest BCUT2D eigenvalue weighted by molar-refractivity contribution is 0.301. The van der Waals surface area contributed by atoms with Crippen molar-refractivity contribution in [2.75, 3.05) is 19.7 Å². The van der Waals surface area contributed by atoms with Crippen molar-refractivity contribution in [3.8, 4) is 11.5 Å². The molecule has 1 aliphatic rings. The summed E-state index contributed by atoms with van der Waals surface area (Å²) < 4.78 is 5.53. The summed E-state index contributed by atoms with van der Waals surface area (Å²) in [6, 6.07) is 7.07. The molecule has 0 fully saturated rings. The molecule has 0 amide bonds. The Bertz CT molecular complexity index is 374. The number of phenols is 1. The number of phenolic OH excluding ortho intramolecular Hbond substituents is 1. The van der Waals surface area contributed by atoms with Crippen LogP contribution in [0.1, 0.15) is 12.8 Å². The van der Waals surface area contributed by atoms with E-state index in [9.17, 15) is 5.11 Å². The second-order valence-corrected chi connectivity index (χ2v) is 3.88. The largest absolute Gasteiger partial charge is 0.504 e. The number of hydrogen-bond donors (Lipinski definition) is 2. The molecule has 1 heterocycles. The van der Waals surface area contributed by atoms with E-state index >= 15 is 0 Å². The SMILES string of the molecule is Oc1ccccc1OCCC1=CCNCC1. The summed E-state index contributed by atoms with van der Waals surface area (Å²) in [4.78, 5) is 0. The summed E-state index contributed by atoms with van der Waals surface area (Å²) in [5.74, 6) is 0.777. The molecular formula is C13H17NO2. The van der Waals surface area contributed by atoms with Crippen molar-refractivity contribution in [2.24, 2.45) is 0 Å². The van der Waals surface area contributed by atoms with Gasteiger partial charge in [-0.25, -0.2) is 0 Å². The average molecular weight is 219 g/mol. The molecule has 3 heteroatoms. The van der Waals surface area contributed by atoms with Crippen LogP contribution in [0.15, 0.2) is 35.9 Å². The smallest absolute Gasteiger partial charge is 0.160 e. The molecule has 0 atom stereocenters. The van der Waals surface area contributed by atoms with Crippen molar-refractivity contribution in [1.82, 2.24) is 5.32 Å². The lowest BCUT2D eigenvalue weighted by atomic mass is 10.1. The van der Waals surface area contributed by atoms with E-state index < -0.39 is 0 Å². The first-order valence-electron chi connectivity index (χ1n) is 5.65. The number of benzene rings is 1. The summed E-state index contributed by atoms with van der Waals surface area (Å²) in [6.45, 7) is 2.65. The van der Waals surface area contributed by atoms with Crippen molar-refractivity contribution in [3.05, 3.63) is 35.9 Å². The first kappa shape index (κ1) is 11.0. The average Bonchev–Trinajstić information content (AvgIpc) is 2.33. The summed E-state index contributed by atoms with van der Waals surface area (Å²) in [7, 11) is 0. The summed E-state index contributed by atoms with van der Waals surface area (Å²) in [6.07, 6.45) is 4.26. The monoisotopic (exact) mass is 219 g/mol. The van der Waals surface area contributed by atoms with Gasteiger partial charge in [0.2, 0.25) is 0 Å². The minimum Gasteiger partial charge on any atom is -0.504 e. The van der Waals surface area contributed by atoms with Crippen LogP contribution in [-0.4, -0.2) is 24.8 Å². The van der Waals surface area contributed by atoms with Crippen LogP contribution >= 0.6 is 0 Å². The molecule has 0 aliphatic carbocycles. The van der Waals surface area contributed by atoms with Crippen molar-refractivity contribution >= 4 is 0 Å². The van der Waals surface area contributed by atoms with E-state index in [-0.39, 0.29) is 5.75 Å². The zero-order valence-electron chi connectivity index (χ0n) is 9.28. The fourth-order valence-electron chi connectivity index (χ4n) is 1.77. The van der Waals surface area contributed by atoms with Gasteiger partial charge in [0.15, 0.2) is 11.5 Å². The lowest BCUT2D eigenvalue weighted by Crippen LogP contribution is -2.21. The van der Waals surface area contributed by atoms with E-state index in [1.54, 1.807) is 18.2 Å². The van der Waals surface area contributed by atoms with Gasteiger partial charge in [0.1, 0.15) is 0 Å². The van der Waals surface area contributed by atoms with Crippen LogP contribution in [0.4, 0.5) is 0 Å². The van der Waals surface area contributed by atoms with E-state index in [0.29, 0.717) is 12.4 Å². The van der Waals surface area contributed by atoms with Crippen molar-refractivity contribution in [2.45, 2.75) is 12.8 Å². The third-order valence-electron chi connectivity index (χ3n) is 2.70. The third-order valence-corrected chi connectivity index (χ3v) is 2.70. The van der Waals surface area contributed by atoms with Gasteiger partial charge < -0.3 is 15.2 Å². The highest BCUT2D eigenvalue weighted by Crippen LogP contribution is 2.24. The highest BCUT2D eigenvalue weighted by atomic mass is 16.5. The van der Waals surface area contributed by atoms with Crippen LogP contribution < -0.4 is 10.1 Å². The topological polar surface area (TPSA) is 41.5 Å². The van der Waals surface area contributed by atoms with Gasteiger partial charge in [-0.3, -0.25) is 0 Å². The van der Waals surface area contributed by atoms with Crippen molar-refractivity contribution in [3.63, 3.8) is 0 Å². The molecule has 0 saturated heterocycles. The number of ether oxygens (including phenoxy) is 1. The van der Waals surface area contributed by atoms with Gasteiger partial charge in [-0.05, 0) is 25.1 Å². The number of nitrogens with one attached hydrogen (secondary N) is 1. The Morgan fingerprint density at radius 2 is 2.19 bits per heavy atom. The van der Waals surface area contributed by atoms with Crippen LogP contribution in [0.5, 0.6) is 11.5 Å². The first-order chi connectivity index (χ1) is 7.86. The Kier molecular flexibility index (Phi) is 3.83. The van der Waals surface area contributed by atoms with E-state index in [4.69, 9.17) is 4.74 Å². The predicted molar refractivity (Wildman–Crippen MR) is 63.8 cm³/mol. The number of rotatable bonds is 4. The Balaban J connectivity index is 1.80. The van der Waals surface area contributed by atoms with Crippen molar-refractivity contribution in [1.29, 1.82) is 0 Å². The predicted octanol–water partition coefficient (Wildman–Crippen LogP) is 2.08. The molecule has 86 valence electrons. The zero-order valence-corrected chi connectivity index (χ0v) is 9.28. The quantitative estimate of drug-likeness (QED) is 0.762. The molecule has 1 aliphatic heterocycles. The highest BCUT2D eigenvalue weighted by Gasteiger charge is 2.04. The van der Waals surface area contributed by atoms with Gasteiger partial charge in [-0.15, -0.1) is 0 Å². The van der Waals surface area contributed by atoms with Gasteiger partial charge in [-0.2, -0.15) is 0 Å². The van der Waals surface area contributed by atoms with Crippen molar-refractivity contribution < 1.29 is 9.84 Å². The summed E-state index contributed by atoms with van der Waals surface area (Å²) in [5, 5.41) is 12.8. The minimum atomic E-state index is 0.210. The molecule has 1 aromatic rings. The van der Waals surface area contributed by atoms with Crippen LogP contribution in [0.3, 0.4) is 0 Å². The van der Waals surface area contributed by atoms with Crippen LogP contribution in [0.2, 0.25) is 0 Å². The number of aromatic hydroxyl groups is 1. The molecule has 0 bridgehead atoms. The lowest BCUT2D eigenvalue weighted by Gasteiger charge is -2.14. The Labute approximate surface area is 95.7 Å². The van der Waals surface area contributed by atoms with E-state index in [1.807, 2.05) is 6.07 Å². The standard InChI is InChI=1S/C13H17NO2/c15-12-3-1-2-4-13(12)16-10-7-11-5-8-14-9-6-11/h1-5,14-15H,6-10H2. The summed E-state index contributed by atoms with van der Waals surface area (Å²) in [5.41, 5.74) is 1.44. The molecule has 2 rings (SSSR count).